The number of hydrogen-bond donors (Lipinski definition) is 1. The molecule has 7 heteroatoms. The molecule has 1 aliphatic rings. The van der Waals surface area contributed by atoms with Crippen LogP contribution in [0.15, 0.2) is 29.2 Å². The zero-order valence-corrected chi connectivity index (χ0v) is 15.1. The van der Waals surface area contributed by atoms with Crippen molar-refractivity contribution in [3.63, 3.8) is 0 Å². The van der Waals surface area contributed by atoms with Crippen molar-refractivity contribution < 1.29 is 13.2 Å². The molecule has 1 aromatic carbocycles. The summed E-state index contributed by atoms with van der Waals surface area (Å²) in [5, 5.41) is 9.07. The summed E-state index contributed by atoms with van der Waals surface area (Å²) < 4.78 is 27.7. The van der Waals surface area contributed by atoms with Crippen LogP contribution < -0.4 is 4.72 Å². The second kappa shape index (κ2) is 6.91. The molecule has 130 valence electrons. The molecule has 1 aliphatic heterocycles. The van der Waals surface area contributed by atoms with Gasteiger partial charge in [-0.05, 0) is 25.0 Å². The molecule has 2 rings (SSSR count). The summed E-state index contributed by atoms with van der Waals surface area (Å²) in [4.78, 5) is 14.1. The van der Waals surface area contributed by atoms with Gasteiger partial charge in [-0.2, -0.15) is 5.26 Å². The average Bonchev–Trinajstić information content (AvgIpc) is 2.53. The van der Waals surface area contributed by atoms with Crippen LogP contribution in [0.2, 0.25) is 0 Å². The number of rotatable bonds is 3. The molecule has 1 N–H and O–H groups in total. The topological polar surface area (TPSA) is 90.3 Å². The summed E-state index contributed by atoms with van der Waals surface area (Å²) in [5.74, 6) is 0.0821. The lowest BCUT2D eigenvalue weighted by atomic mass is 9.93. The van der Waals surface area contributed by atoms with Crippen molar-refractivity contribution in [2.45, 2.75) is 44.6 Å². The molecule has 1 fully saturated rings. The first-order chi connectivity index (χ1) is 11.1. The van der Waals surface area contributed by atoms with E-state index < -0.39 is 15.4 Å². The number of hydrogen-bond acceptors (Lipinski definition) is 4. The maximum Gasteiger partial charge on any atom is 0.242 e. The van der Waals surface area contributed by atoms with E-state index in [4.69, 9.17) is 5.26 Å². The predicted molar refractivity (Wildman–Crippen MR) is 90.5 cm³/mol. The van der Waals surface area contributed by atoms with Crippen molar-refractivity contribution in [2.75, 3.05) is 13.1 Å². The molecule has 0 spiro atoms. The summed E-state index contributed by atoms with van der Waals surface area (Å²) in [7, 11) is -3.74. The first-order valence-corrected chi connectivity index (χ1v) is 9.44. The fraction of sp³-hybridized carbons (Fsp3) is 0.529. The lowest BCUT2D eigenvalue weighted by Crippen LogP contribution is -2.49. The zero-order chi connectivity index (χ0) is 18.0. The van der Waals surface area contributed by atoms with Crippen LogP contribution in [0.4, 0.5) is 0 Å². The molecule has 1 aromatic rings. The highest BCUT2D eigenvalue weighted by molar-refractivity contribution is 7.89. The summed E-state index contributed by atoms with van der Waals surface area (Å²) in [6.07, 6.45) is 1.13. The summed E-state index contributed by atoms with van der Waals surface area (Å²) in [5.41, 5.74) is -0.303. The number of amides is 1. The SMILES string of the molecule is CC(C)(C)C(=O)N1CCC(NS(=O)(=O)c2ccccc2C#N)CC1. The van der Waals surface area contributed by atoms with Crippen molar-refractivity contribution in [1.82, 2.24) is 9.62 Å². The van der Waals surface area contributed by atoms with Crippen LogP contribution >= 0.6 is 0 Å². The smallest absolute Gasteiger partial charge is 0.242 e. The van der Waals surface area contributed by atoms with E-state index in [0.717, 1.165) is 0 Å². The van der Waals surface area contributed by atoms with Crippen molar-refractivity contribution in [3.8, 4) is 6.07 Å². The minimum atomic E-state index is -3.74. The maximum absolute atomic E-state index is 12.5. The molecule has 0 aromatic heterocycles. The van der Waals surface area contributed by atoms with E-state index >= 15 is 0 Å². The highest BCUT2D eigenvalue weighted by atomic mass is 32.2. The number of likely N-dealkylation sites (tertiary alicyclic amines) is 1. The van der Waals surface area contributed by atoms with E-state index in [1.165, 1.54) is 12.1 Å². The van der Waals surface area contributed by atoms with Gasteiger partial charge in [0.2, 0.25) is 15.9 Å². The highest BCUT2D eigenvalue weighted by Crippen LogP contribution is 2.22. The van der Waals surface area contributed by atoms with Crippen LogP contribution in [0.1, 0.15) is 39.2 Å². The van der Waals surface area contributed by atoms with Gasteiger partial charge in [0.25, 0.3) is 0 Å². The van der Waals surface area contributed by atoms with E-state index in [2.05, 4.69) is 4.72 Å². The summed E-state index contributed by atoms with van der Waals surface area (Å²) >= 11 is 0. The number of benzene rings is 1. The van der Waals surface area contributed by atoms with Gasteiger partial charge in [0.1, 0.15) is 6.07 Å². The van der Waals surface area contributed by atoms with Gasteiger partial charge in [-0.3, -0.25) is 4.79 Å². The van der Waals surface area contributed by atoms with Gasteiger partial charge in [0.15, 0.2) is 0 Å². The van der Waals surface area contributed by atoms with Gasteiger partial charge in [0, 0.05) is 24.5 Å². The second-order valence-corrected chi connectivity index (χ2v) is 8.73. The van der Waals surface area contributed by atoms with Crippen molar-refractivity contribution in [2.24, 2.45) is 5.41 Å². The van der Waals surface area contributed by atoms with E-state index in [1.807, 2.05) is 26.8 Å². The molecule has 1 amide bonds. The fourth-order valence-corrected chi connectivity index (χ4v) is 4.21. The Morgan fingerprint density at radius 2 is 1.83 bits per heavy atom. The maximum atomic E-state index is 12.5. The Morgan fingerprint density at radius 1 is 1.25 bits per heavy atom. The monoisotopic (exact) mass is 349 g/mol. The molecule has 0 bridgehead atoms. The Kier molecular flexibility index (Phi) is 5.31. The first kappa shape index (κ1) is 18.4. The third-order valence-corrected chi connectivity index (χ3v) is 5.62. The molecular weight excluding hydrogens is 326 g/mol. The number of sulfonamides is 1. The molecule has 1 saturated heterocycles. The van der Waals surface area contributed by atoms with Crippen LogP contribution in [-0.2, 0) is 14.8 Å². The molecule has 0 saturated carbocycles. The Balaban J connectivity index is 2.04. The fourth-order valence-electron chi connectivity index (χ4n) is 2.75. The molecule has 0 aliphatic carbocycles. The van der Waals surface area contributed by atoms with Gasteiger partial charge in [-0.1, -0.05) is 32.9 Å². The van der Waals surface area contributed by atoms with Gasteiger partial charge in [-0.15, -0.1) is 0 Å². The van der Waals surface area contributed by atoms with Gasteiger partial charge in [0.05, 0.1) is 10.5 Å². The molecule has 24 heavy (non-hydrogen) atoms. The van der Waals surface area contributed by atoms with Crippen LogP contribution in [0.25, 0.3) is 0 Å². The Labute approximate surface area is 143 Å². The molecule has 1 heterocycles. The van der Waals surface area contributed by atoms with Crippen molar-refractivity contribution in [3.05, 3.63) is 29.8 Å². The second-order valence-electron chi connectivity index (χ2n) is 7.05. The zero-order valence-electron chi connectivity index (χ0n) is 14.2. The average molecular weight is 349 g/mol. The molecule has 0 radical (unpaired) electrons. The van der Waals surface area contributed by atoms with E-state index in [9.17, 15) is 13.2 Å². The first-order valence-electron chi connectivity index (χ1n) is 7.96. The van der Waals surface area contributed by atoms with Crippen LogP contribution in [0.3, 0.4) is 0 Å². The molecular formula is C17H23N3O3S. The van der Waals surface area contributed by atoms with Crippen LogP contribution in [0, 0.1) is 16.7 Å². The van der Waals surface area contributed by atoms with Crippen LogP contribution in [0.5, 0.6) is 0 Å². The molecule has 0 unspecified atom stereocenters. The van der Waals surface area contributed by atoms with E-state index in [0.29, 0.717) is 25.9 Å². The Hall–Kier alpha value is -1.91. The number of carbonyl (C=O) groups excluding carboxylic acids is 1. The lowest BCUT2D eigenvalue weighted by Gasteiger charge is -2.35. The number of nitriles is 1. The quantitative estimate of drug-likeness (QED) is 0.902. The van der Waals surface area contributed by atoms with Crippen molar-refractivity contribution in [1.29, 1.82) is 5.26 Å². The standard InChI is InChI=1S/C17H23N3O3S/c1-17(2,3)16(21)20-10-8-14(9-11-20)19-24(22,23)15-7-5-4-6-13(15)12-18/h4-7,14,19H,8-11H2,1-3H3. The minimum Gasteiger partial charge on any atom is -0.342 e. The molecule has 0 atom stereocenters. The Bertz CT molecular complexity index is 752. The summed E-state index contributed by atoms with van der Waals surface area (Å²) in [6.45, 7) is 6.70. The number of piperidine rings is 1. The summed E-state index contributed by atoms with van der Waals surface area (Å²) in [6, 6.07) is 7.82. The number of carbonyl (C=O) groups is 1. The third-order valence-electron chi connectivity index (χ3n) is 4.04. The van der Waals surface area contributed by atoms with Crippen molar-refractivity contribution >= 4 is 15.9 Å². The lowest BCUT2D eigenvalue weighted by molar-refractivity contribution is -0.140. The van der Waals surface area contributed by atoms with Gasteiger partial charge in [-0.25, -0.2) is 13.1 Å². The number of nitrogens with one attached hydrogen (secondary N) is 1. The largest absolute Gasteiger partial charge is 0.342 e. The normalized spacial score (nSPS) is 16.7. The molecule has 6 nitrogen and oxygen atoms in total. The van der Waals surface area contributed by atoms with Gasteiger partial charge < -0.3 is 4.90 Å². The number of nitrogens with zero attached hydrogens (tertiary/aromatic N) is 2. The van der Waals surface area contributed by atoms with E-state index in [-0.39, 0.29) is 22.4 Å². The van der Waals surface area contributed by atoms with Gasteiger partial charge >= 0.3 is 0 Å². The minimum absolute atomic E-state index is 0.000646. The predicted octanol–water partition coefficient (Wildman–Crippen LogP) is 1.87. The van der Waals surface area contributed by atoms with Crippen LogP contribution in [-0.4, -0.2) is 38.4 Å². The van der Waals surface area contributed by atoms with E-state index in [1.54, 1.807) is 17.0 Å². The Morgan fingerprint density at radius 3 is 2.38 bits per heavy atom. The highest BCUT2D eigenvalue weighted by Gasteiger charge is 2.32. The third kappa shape index (κ3) is 4.13.